The molecule has 1 aromatic heterocycles. The zero-order valence-electron chi connectivity index (χ0n) is 6.66. The lowest BCUT2D eigenvalue weighted by Crippen LogP contribution is -1.88. The number of aromatic nitrogens is 1. The summed E-state index contributed by atoms with van der Waals surface area (Å²) in [5.41, 5.74) is 7.82. The maximum atomic E-state index is 5.41. The molecule has 0 amide bonds. The van der Waals surface area contributed by atoms with E-state index in [4.69, 9.17) is 10.2 Å². The molecule has 0 aliphatic rings. The van der Waals surface area contributed by atoms with Gasteiger partial charge in [0.1, 0.15) is 5.52 Å². The second-order valence-electron chi connectivity index (χ2n) is 2.45. The third kappa shape index (κ3) is 0.887. The Morgan fingerprint density at radius 2 is 2.33 bits per heavy atom. The Morgan fingerprint density at radius 3 is 3.08 bits per heavy atom. The predicted molar refractivity (Wildman–Crippen MR) is 48.0 cm³/mol. The van der Waals surface area contributed by atoms with E-state index >= 15 is 0 Å². The smallest absolute Gasteiger partial charge is 0.293 e. The summed E-state index contributed by atoms with van der Waals surface area (Å²) in [4.78, 5) is 4.03. The van der Waals surface area contributed by atoms with Gasteiger partial charge in [-0.1, -0.05) is 6.07 Å². The molecule has 4 nitrogen and oxygen atoms in total. The highest BCUT2D eigenvalue weighted by atomic mass is 16.4. The topological polar surface area (TPSA) is 64.1 Å². The number of rotatable bonds is 1. The molecule has 1 heterocycles. The molecule has 2 rings (SSSR count). The molecule has 0 aliphatic heterocycles. The standard InChI is InChI=1S/C8H9N3O/c1-10-5-3-2-4-6-7(5)11-8(9)12-6/h2-4,10H,1H3,(H2,9,11). The van der Waals surface area contributed by atoms with E-state index in [0.29, 0.717) is 5.58 Å². The van der Waals surface area contributed by atoms with Gasteiger partial charge in [0, 0.05) is 7.05 Å². The van der Waals surface area contributed by atoms with Crippen LogP contribution in [-0.2, 0) is 0 Å². The van der Waals surface area contributed by atoms with Crippen molar-refractivity contribution >= 4 is 22.8 Å². The van der Waals surface area contributed by atoms with Crippen LogP contribution in [-0.4, -0.2) is 12.0 Å². The molecule has 0 bridgehead atoms. The average molecular weight is 163 g/mol. The molecular weight excluding hydrogens is 154 g/mol. The normalized spacial score (nSPS) is 10.4. The minimum atomic E-state index is 0.202. The van der Waals surface area contributed by atoms with Crippen molar-refractivity contribution in [2.45, 2.75) is 0 Å². The highest BCUT2D eigenvalue weighted by Gasteiger charge is 2.05. The van der Waals surface area contributed by atoms with E-state index < -0.39 is 0 Å². The number of nitrogen functional groups attached to an aromatic ring is 1. The number of hydrogen-bond acceptors (Lipinski definition) is 4. The Hall–Kier alpha value is -1.71. The van der Waals surface area contributed by atoms with Crippen molar-refractivity contribution in [1.82, 2.24) is 4.98 Å². The van der Waals surface area contributed by atoms with Gasteiger partial charge in [0.15, 0.2) is 5.58 Å². The fourth-order valence-corrected chi connectivity index (χ4v) is 1.17. The lowest BCUT2D eigenvalue weighted by Gasteiger charge is -1.97. The van der Waals surface area contributed by atoms with E-state index in [2.05, 4.69) is 10.3 Å². The number of nitrogens with two attached hydrogens (primary N) is 1. The number of hydrogen-bond donors (Lipinski definition) is 2. The van der Waals surface area contributed by atoms with Crippen molar-refractivity contribution in [3.05, 3.63) is 18.2 Å². The van der Waals surface area contributed by atoms with E-state index in [1.54, 1.807) is 0 Å². The summed E-state index contributed by atoms with van der Waals surface area (Å²) in [7, 11) is 1.83. The molecule has 1 aromatic carbocycles. The summed E-state index contributed by atoms with van der Waals surface area (Å²) in [6.07, 6.45) is 0. The molecule has 2 aromatic rings. The average Bonchev–Trinajstić information content (AvgIpc) is 2.44. The summed E-state index contributed by atoms with van der Waals surface area (Å²) in [6, 6.07) is 5.84. The first-order valence-corrected chi connectivity index (χ1v) is 3.64. The number of anilines is 2. The first-order valence-electron chi connectivity index (χ1n) is 3.64. The maximum Gasteiger partial charge on any atom is 0.293 e. The molecular formula is C8H9N3O. The largest absolute Gasteiger partial charge is 0.424 e. The molecule has 0 radical (unpaired) electrons. The molecule has 0 saturated carbocycles. The van der Waals surface area contributed by atoms with Gasteiger partial charge in [-0.15, -0.1) is 0 Å². The van der Waals surface area contributed by atoms with Crippen LogP contribution in [0.25, 0.3) is 11.1 Å². The van der Waals surface area contributed by atoms with Crippen LogP contribution in [0.1, 0.15) is 0 Å². The van der Waals surface area contributed by atoms with Gasteiger partial charge in [-0.2, -0.15) is 4.98 Å². The van der Waals surface area contributed by atoms with Crippen LogP contribution >= 0.6 is 0 Å². The maximum absolute atomic E-state index is 5.41. The number of nitrogens with zero attached hydrogens (tertiary/aromatic N) is 1. The molecule has 0 spiro atoms. The van der Waals surface area contributed by atoms with Gasteiger partial charge in [0.25, 0.3) is 6.01 Å². The highest BCUT2D eigenvalue weighted by molar-refractivity contribution is 5.87. The lowest BCUT2D eigenvalue weighted by atomic mass is 10.3. The number of oxazole rings is 1. The molecule has 0 atom stereocenters. The van der Waals surface area contributed by atoms with Crippen LogP contribution in [0, 0.1) is 0 Å². The van der Waals surface area contributed by atoms with Gasteiger partial charge in [0.05, 0.1) is 5.69 Å². The number of benzene rings is 1. The zero-order chi connectivity index (χ0) is 8.55. The van der Waals surface area contributed by atoms with Crippen molar-refractivity contribution in [1.29, 1.82) is 0 Å². The van der Waals surface area contributed by atoms with Crippen LogP contribution < -0.4 is 11.1 Å². The number of para-hydroxylation sites is 1. The lowest BCUT2D eigenvalue weighted by molar-refractivity contribution is 0.626. The quantitative estimate of drug-likeness (QED) is 0.667. The molecule has 3 N–H and O–H groups in total. The third-order valence-electron chi connectivity index (χ3n) is 1.70. The summed E-state index contributed by atoms with van der Waals surface area (Å²) in [5.74, 6) is 0. The molecule has 0 aliphatic carbocycles. The Balaban J connectivity index is 2.78. The van der Waals surface area contributed by atoms with Gasteiger partial charge >= 0.3 is 0 Å². The fourth-order valence-electron chi connectivity index (χ4n) is 1.17. The second kappa shape index (κ2) is 2.41. The van der Waals surface area contributed by atoms with Crippen LogP contribution in [0.2, 0.25) is 0 Å². The van der Waals surface area contributed by atoms with E-state index in [1.165, 1.54) is 0 Å². The summed E-state index contributed by atoms with van der Waals surface area (Å²) < 4.78 is 5.14. The van der Waals surface area contributed by atoms with E-state index in [0.717, 1.165) is 11.2 Å². The van der Waals surface area contributed by atoms with Crippen molar-refractivity contribution in [2.75, 3.05) is 18.1 Å². The Kier molecular flexibility index (Phi) is 1.40. The molecule has 0 saturated heterocycles. The van der Waals surface area contributed by atoms with Gasteiger partial charge in [-0.3, -0.25) is 0 Å². The van der Waals surface area contributed by atoms with Gasteiger partial charge < -0.3 is 15.5 Å². The third-order valence-corrected chi connectivity index (χ3v) is 1.70. The first kappa shape index (κ1) is 6.97. The van der Waals surface area contributed by atoms with E-state index in [-0.39, 0.29) is 6.01 Å². The molecule has 12 heavy (non-hydrogen) atoms. The van der Waals surface area contributed by atoms with Crippen LogP contribution in [0.3, 0.4) is 0 Å². The first-order chi connectivity index (χ1) is 5.81. The van der Waals surface area contributed by atoms with Crippen molar-refractivity contribution in [3.63, 3.8) is 0 Å². The highest BCUT2D eigenvalue weighted by Crippen LogP contribution is 2.23. The SMILES string of the molecule is CNc1cccc2oc(N)nc12. The Labute approximate surface area is 69.4 Å². The summed E-state index contributed by atoms with van der Waals surface area (Å²) in [5, 5.41) is 3.01. The summed E-state index contributed by atoms with van der Waals surface area (Å²) >= 11 is 0. The van der Waals surface area contributed by atoms with Gasteiger partial charge in [-0.25, -0.2) is 0 Å². The van der Waals surface area contributed by atoms with Crippen molar-refractivity contribution < 1.29 is 4.42 Å². The molecule has 0 fully saturated rings. The minimum absolute atomic E-state index is 0.202. The number of fused-ring (bicyclic) bond motifs is 1. The Bertz CT molecular complexity index is 408. The monoisotopic (exact) mass is 163 g/mol. The van der Waals surface area contributed by atoms with E-state index in [9.17, 15) is 0 Å². The van der Waals surface area contributed by atoms with Gasteiger partial charge in [0.2, 0.25) is 0 Å². The second-order valence-corrected chi connectivity index (χ2v) is 2.45. The molecule has 0 unspecified atom stereocenters. The number of nitrogens with one attached hydrogen (secondary N) is 1. The van der Waals surface area contributed by atoms with Crippen molar-refractivity contribution in [3.8, 4) is 0 Å². The Morgan fingerprint density at radius 1 is 1.50 bits per heavy atom. The predicted octanol–water partition coefficient (Wildman–Crippen LogP) is 1.45. The van der Waals surface area contributed by atoms with Crippen LogP contribution in [0.15, 0.2) is 22.6 Å². The molecule has 4 heteroatoms. The van der Waals surface area contributed by atoms with Gasteiger partial charge in [-0.05, 0) is 12.1 Å². The summed E-state index contributed by atoms with van der Waals surface area (Å²) in [6.45, 7) is 0. The van der Waals surface area contributed by atoms with Crippen molar-refractivity contribution in [2.24, 2.45) is 0 Å². The fraction of sp³-hybridized carbons (Fsp3) is 0.125. The van der Waals surface area contributed by atoms with Crippen LogP contribution in [0.4, 0.5) is 11.7 Å². The van der Waals surface area contributed by atoms with Crippen LogP contribution in [0.5, 0.6) is 0 Å². The molecule has 62 valence electrons. The van der Waals surface area contributed by atoms with E-state index in [1.807, 2.05) is 25.2 Å². The minimum Gasteiger partial charge on any atom is -0.424 e. The zero-order valence-corrected chi connectivity index (χ0v) is 6.66.